The van der Waals surface area contributed by atoms with Crippen LogP contribution in [0.3, 0.4) is 0 Å². The fraction of sp³-hybridized carbons (Fsp3) is 0.414. The Morgan fingerprint density at radius 2 is 1.50 bits per heavy atom. The lowest BCUT2D eigenvalue weighted by atomic mass is 9.94. The number of aryl methyl sites for hydroxylation is 5. The molecule has 0 spiro atoms. The van der Waals surface area contributed by atoms with Crippen LogP contribution in [-0.2, 0) is 19.4 Å². The first-order valence-corrected chi connectivity index (χ1v) is 11.7. The van der Waals surface area contributed by atoms with E-state index in [9.17, 15) is 0 Å². The van der Waals surface area contributed by atoms with Gasteiger partial charge in [-0.2, -0.15) is 0 Å². The quantitative estimate of drug-likeness (QED) is 0.370. The van der Waals surface area contributed by atoms with Crippen LogP contribution < -0.4 is 9.47 Å². The van der Waals surface area contributed by atoms with E-state index < -0.39 is 0 Å². The van der Waals surface area contributed by atoms with Gasteiger partial charge in [0.15, 0.2) is 0 Å². The topological polar surface area (TPSA) is 31.4 Å². The van der Waals surface area contributed by atoms with Crippen LogP contribution in [0.15, 0.2) is 36.4 Å². The fourth-order valence-corrected chi connectivity index (χ4v) is 4.20. The summed E-state index contributed by atoms with van der Waals surface area (Å²) in [6.07, 6.45) is 2.01. The van der Waals surface area contributed by atoms with Gasteiger partial charge in [-0.1, -0.05) is 44.2 Å². The van der Waals surface area contributed by atoms with Crippen molar-refractivity contribution in [2.24, 2.45) is 0 Å². The molecule has 0 N–H and O–H groups in total. The van der Waals surface area contributed by atoms with Crippen molar-refractivity contribution in [1.29, 1.82) is 0 Å². The average Bonchev–Trinajstić information content (AvgIpc) is 2.76. The molecule has 1 heterocycles. The van der Waals surface area contributed by atoms with Crippen LogP contribution in [0.25, 0.3) is 11.3 Å². The summed E-state index contributed by atoms with van der Waals surface area (Å²) in [4.78, 5) is 5.04. The van der Waals surface area contributed by atoms with Crippen molar-refractivity contribution in [2.75, 3.05) is 0 Å². The van der Waals surface area contributed by atoms with E-state index in [2.05, 4.69) is 91.8 Å². The molecule has 0 aliphatic rings. The van der Waals surface area contributed by atoms with E-state index in [1.54, 1.807) is 0 Å². The van der Waals surface area contributed by atoms with E-state index in [4.69, 9.17) is 14.5 Å². The Kier molecular flexibility index (Phi) is 7.60. The van der Waals surface area contributed by atoms with Crippen LogP contribution in [0.5, 0.6) is 11.5 Å². The van der Waals surface area contributed by atoms with E-state index in [0.29, 0.717) is 6.61 Å². The van der Waals surface area contributed by atoms with E-state index in [1.165, 1.54) is 27.8 Å². The third-order valence-corrected chi connectivity index (χ3v) is 6.14. The van der Waals surface area contributed by atoms with E-state index >= 15 is 0 Å². The van der Waals surface area contributed by atoms with Crippen molar-refractivity contribution in [3.8, 4) is 22.8 Å². The van der Waals surface area contributed by atoms with Crippen LogP contribution in [0.4, 0.5) is 0 Å². The minimum Gasteiger partial charge on any atom is -0.490 e. The zero-order valence-electron chi connectivity index (χ0n) is 20.9. The Hall–Kier alpha value is -2.81. The molecule has 3 nitrogen and oxygen atoms in total. The highest BCUT2D eigenvalue weighted by Crippen LogP contribution is 2.34. The van der Waals surface area contributed by atoms with Crippen molar-refractivity contribution in [3.63, 3.8) is 0 Å². The Balaban J connectivity index is 2.07. The van der Waals surface area contributed by atoms with Crippen molar-refractivity contribution < 1.29 is 9.47 Å². The maximum Gasteiger partial charge on any atom is 0.130 e. The van der Waals surface area contributed by atoms with Crippen LogP contribution >= 0.6 is 0 Å². The summed E-state index contributed by atoms with van der Waals surface area (Å²) in [5.41, 5.74) is 10.4. The van der Waals surface area contributed by atoms with E-state index in [0.717, 1.165) is 46.9 Å². The number of ether oxygens (including phenoxy) is 2. The molecule has 0 atom stereocenters. The molecule has 2 aromatic carbocycles. The van der Waals surface area contributed by atoms with Crippen molar-refractivity contribution >= 4 is 0 Å². The summed E-state index contributed by atoms with van der Waals surface area (Å²) < 4.78 is 12.6. The van der Waals surface area contributed by atoms with Crippen molar-refractivity contribution in [2.45, 2.75) is 80.9 Å². The number of aromatic nitrogens is 1. The third-order valence-electron chi connectivity index (χ3n) is 6.14. The largest absolute Gasteiger partial charge is 0.490 e. The summed E-state index contributed by atoms with van der Waals surface area (Å²) in [5.74, 6) is 1.81. The summed E-state index contributed by atoms with van der Waals surface area (Å²) in [7, 11) is 0. The monoisotopic (exact) mass is 431 g/mol. The maximum atomic E-state index is 6.35. The number of hydrogen-bond donors (Lipinski definition) is 0. The number of nitrogens with zero attached hydrogens (tertiary/aromatic N) is 1. The van der Waals surface area contributed by atoms with Gasteiger partial charge in [0.05, 0.1) is 17.4 Å². The number of hydrogen-bond acceptors (Lipinski definition) is 3. The zero-order valence-corrected chi connectivity index (χ0v) is 20.9. The predicted octanol–water partition coefficient (Wildman–Crippen LogP) is 7.47. The Morgan fingerprint density at radius 1 is 0.875 bits per heavy atom. The molecule has 0 amide bonds. The lowest BCUT2D eigenvalue weighted by Crippen LogP contribution is -2.12. The van der Waals surface area contributed by atoms with E-state index in [1.807, 2.05) is 0 Å². The first-order valence-electron chi connectivity index (χ1n) is 11.7. The van der Waals surface area contributed by atoms with Gasteiger partial charge in [0.2, 0.25) is 0 Å². The van der Waals surface area contributed by atoms with Gasteiger partial charge in [0.1, 0.15) is 18.1 Å². The molecule has 0 unspecified atom stereocenters. The summed E-state index contributed by atoms with van der Waals surface area (Å²) >= 11 is 0. The van der Waals surface area contributed by atoms with Gasteiger partial charge in [0.25, 0.3) is 0 Å². The molecule has 0 aliphatic carbocycles. The maximum absolute atomic E-state index is 6.35. The highest BCUT2D eigenvalue weighted by Gasteiger charge is 2.18. The van der Waals surface area contributed by atoms with Crippen LogP contribution in [0.2, 0.25) is 0 Å². The lowest BCUT2D eigenvalue weighted by molar-refractivity contribution is 0.229. The Morgan fingerprint density at radius 3 is 2.09 bits per heavy atom. The standard InChI is InChI=1S/C29H37NO2/c1-9-23-12-11-13-24(10-2)28(23)26-16-27(32-18(3)4)25(22(8)30-26)17-31-29-20(6)15-14-19(5)21(29)7/h11-16,18H,9-10,17H2,1-8H3. The SMILES string of the molecule is CCc1cccc(CC)c1-c1cc(OC(C)C)c(COc2c(C)ccc(C)c2C)c(C)n1. The van der Waals surface area contributed by atoms with Crippen LogP contribution in [-0.4, -0.2) is 11.1 Å². The molecule has 3 rings (SSSR count). The number of pyridine rings is 1. The van der Waals surface area contributed by atoms with Gasteiger partial charge >= 0.3 is 0 Å². The molecule has 32 heavy (non-hydrogen) atoms. The van der Waals surface area contributed by atoms with Gasteiger partial charge in [-0.05, 0) is 82.2 Å². The van der Waals surface area contributed by atoms with E-state index in [-0.39, 0.29) is 6.10 Å². The van der Waals surface area contributed by atoms with Crippen molar-refractivity contribution in [3.05, 3.63) is 75.5 Å². The molecule has 0 fully saturated rings. The molecule has 170 valence electrons. The van der Waals surface area contributed by atoms with Gasteiger partial charge in [0, 0.05) is 17.3 Å². The Bertz CT molecular complexity index is 1080. The summed E-state index contributed by atoms with van der Waals surface area (Å²) in [6, 6.07) is 12.9. The zero-order chi connectivity index (χ0) is 23.4. The summed E-state index contributed by atoms with van der Waals surface area (Å²) in [6.45, 7) is 17.3. The molecule has 0 bridgehead atoms. The highest BCUT2D eigenvalue weighted by atomic mass is 16.5. The lowest BCUT2D eigenvalue weighted by Gasteiger charge is -2.21. The molecule has 0 radical (unpaired) electrons. The molecule has 0 saturated heterocycles. The second kappa shape index (κ2) is 10.2. The summed E-state index contributed by atoms with van der Waals surface area (Å²) in [5, 5.41) is 0. The highest BCUT2D eigenvalue weighted by molar-refractivity contribution is 5.70. The van der Waals surface area contributed by atoms with Gasteiger partial charge in [-0.25, -0.2) is 0 Å². The smallest absolute Gasteiger partial charge is 0.130 e. The molecule has 1 aromatic heterocycles. The minimum absolute atomic E-state index is 0.0675. The molecular weight excluding hydrogens is 394 g/mol. The molecule has 3 heteroatoms. The fourth-order valence-electron chi connectivity index (χ4n) is 4.20. The second-order valence-electron chi connectivity index (χ2n) is 8.84. The molecule has 0 aliphatic heterocycles. The molecule has 3 aromatic rings. The van der Waals surface area contributed by atoms with Crippen LogP contribution in [0.1, 0.15) is 66.8 Å². The predicted molar refractivity (Wildman–Crippen MR) is 134 cm³/mol. The van der Waals surface area contributed by atoms with Crippen LogP contribution in [0, 0.1) is 27.7 Å². The first-order chi connectivity index (χ1) is 15.3. The Labute approximate surface area is 193 Å². The molecular formula is C29H37NO2. The number of rotatable bonds is 8. The minimum atomic E-state index is 0.0675. The second-order valence-corrected chi connectivity index (χ2v) is 8.84. The molecule has 0 saturated carbocycles. The third kappa shape index (κ3) is 4.98. The number of benzene rings is 2. The van der Waals surface area contributed by atoms with Gasteiger partial charge in [-0.3, -0.25) is 4.98 Å². The normalized spacial score (nSPS) is 11.2. The van der Waals surface area contributed by atoms with Gasteiger partial charge in [-0.15, -0.1) is 0 Å². The van der Waals surface area contributed by atoms with Crippen molar-refractivity contribution in [1.82, 2.24) is 4.98 Å². The van der Waals surface area contributed by atoms with Gasteiger partial charge < -0.3 is 9.47 Å². The first kappa shape index (κ1) is 23.8. The average molecular weight is 432 g/mol.